The Morgan fingerprint density at radius 3 is 2.38 bits per heavy atom. The highest BCUT2D eigenvalue weighted by Gasteiger charge is 2.60. The number of cyclic esters (lactones) is 1. The fourth-order valence-corrected chi connectivity index (χ4v) is 8.67. The van der Waals surface area contributed by atoms with Crippen LogP contribution in [0.25, 0.3) is 0 Å². The minimum atomic E-state index is -1.18. The molecule has 12 heteroatoms. The Kier molecular flexibility index (Phi) is 12.0. The second-order valence-corrected chi connectivity index (χ2v) is 14.4. The zero-order valence-corrected chi connectivity index (χ0v) is 29.9. The number of fused-ring (bicyclic) bond motifs is 1. The van der Waals surface area contributed by atoms with E-state index in [9.17, 15) is 19.5 Å². The first-order valence-corrected chi connectivity index (χ1v) is 17.2. The van der Waals surface area contributed by atoms with Crippen molar-refractivity contribution >= 4 is 23.6 Å². The van der Waals surface area contributed by atoms with Gasteiger partial charge in [0, 0.05) is 49.1 Å². The van der Waals surface area contributed by atoms with Gasteiger partial charge in [-0.3, -0.25) is 19.5 Å². The van der Waals surface area contributed by atoms with Crippen LogP contribution in [0.2, 0.25) is 0 Å². The van der Waals surface area contributed by atoms with Crippen molar-refractivity contribution in [2.75, 3.05) is 34.3 Å². The number of aliphatic hydroxyl groups excluding tert-OH is 1. The summed E-state index contributed by atoms with van der Waals surface area (Å²) in [7, 11) is 5.44. The summed E-state index contributed by atoms with van der Waals surface area (Å²) in [6.07, 6.45) is -2.19. The maximum atomic E-state index is 14.4. The molecule has 4 aliphatic heterocycles. The highest BCUT2D eigenvalue weighted by atomic mass is 16.7. The predicted molar refractivity (Wildman–Crippen MR) is 176 cm³/mol. The Morgan fingerprint density at radius 2 is 1.79 bits per heavy atom. The van der Waals surface area contributed by atoms with Crippen LogP contribution in [0, 0.1) is 29.6 Å². The second kappa shape index (κ2) is 15.0. The lowest BCUT2D eigenvalue weighted by Gasteiger charge is -2.45. The van der Waals surface area contributed by atoms with Crippen LogP contribution < -0.4 is 0 Å². The van der Waals surface area contributed by atoms with Crippen molar-refractivity contribution in [2.24, 2.45) is 34.6 Å². The summed E-state index contributed by atoms with van der Waals surface area (Å²) in [6.45, 7) is 18.0. The van der Waals surface area contributed by atoms with E-state index in [1.165, 1.54) is 6.08 Å². The summed E-state index contributed by atoms with van der Waals surface area (Å²) in [5.74, 6) is -4.00. The number of esters is 1. The summed E-state index contributed by atoms with van der Waals surface area (Å²) in [4.78, 5) is 50.4. The van der Waals surface area contributed by atoms with Gasteiger partial charge in [-0.15, -0.1) is 6.58 Å². The summed E-state index contributed by atoms with van der Waals surface area (Å²) < 4.78 is 31.3. The van der Waals surface area contributed by atoms with Gasteiger partial charge in [-0.25, -0.2) is 4.79 Å². The topological polar surface area (TPSA) is 136 Å². The molecule has 266 valence electrons. The molecule has 0 saturated carbocycles. The number of likely N-dealkylation sites (N-methyl/N-ethyl adjacent to an activating group) is 1. The largest absolute Gasteiger partial charge is 0.457 e. The lowest BCUT2D eigenvalue weighted by atomic mass is 9.73. The third-order valence-corrected chi connectivity index (χ3v) is 11.1. The van der Waals surface area contributed by atoms with E-state index >= 15 is 0 Å². The Morgan fingerprint density at radius 1 is 1.11 bits per heavy atom. The number of amides is 1. The summed E-state index contributed by atoms with van der Waals surface area (Å²) in [6, 6.07) is -0.688. The monoisotopic (exact) mass is 663 g/mol. The number of carbonyl (C=O) groups excluding carboxylic acids is 3. The third-order valence-electron chi connectivity index (χ3n) is 11.1. The maximum Gasteiger partial charge on any atom is 0.410 e. The molecule has 1 N–H and O–H groups in total. The van der Waals surface area contributed by atoms with Gasteiger partial charge in [0.05, 0.1) is 30.9 Å². The van der Waals surface area contributed by atoms with Crippen molar-refractivity contribution in [3.05, 3.63) is 12.7 Å². The molecule has 3 saturated heterocycles. The van der Waals surface area contributed by atoms with E-state index in [1.807, 2.05) is 60.5 Å². The van der Waals surface area contributed by atoms with Gasteiger partial charge in [-0.2, -0.15) is 0 Å². The molecular weight excluding hydrogens is 606 g/mol. The maximum absolute atomic E-state index is 14.4. The van der Waals surface area contributed by atoms with Gasteiger partial charge in [-0.1, -0.05) is 40.7 Å². The van der Waals surface area contributed by atoms with Gasteiger partial charge >= 0.3 is 12.1 Å². The Labute approximate surface area is 280 Å². The van der Waals surface area contributed by atoms with Crippen molar-refractivity contribution in [3.8, 4) is 0 Å². The molecule has 1 amide bonds. The van der Waals surface area contributed by atoms with Crippen molar-refractivity contribution in [1.82, 2.24) is 9.80 Å². The normalized spacial score (nSPS) is 43.5. The molecule has 0 aromatic rings. The quantitative estimate of drug-likeness (QED) is 0.245. The lowest BCUT2D eigenvalue weighted by Crippen LogP contribution is -2.59. The van der Waals surface area contributed by atoms with Crippen molar-refractivity contribution in [2.45, 2.75) is 122 Å². The highest BCUT2D eigenvalue weighted by Crippen LogP contribution is 2.43. The van der Waals surface area contributed by atoms with Crippen molar-refractivity contribution in [3.63, 3.8) is 0 Å². The number of hydrogen-bond donors (Lipinski definition) is 1. The van der Waals surface area contributed by atoms with E-state index < -0.39 is 72.2 Å². The van der Waals surface area contributed by atoms with Crippen LogP contribution in [0.3, 0.4) is 0 Å². The van der Waals surface area contributed by atoms with Crippen LogP contribution >= 0.6 is 0 Å². The minimum Gasteiger partial charge on any atom is -0.457 e. The zero-order chi connectivity index (χ0) is 35.0. The van der Waals surface area contributed by atoms with E-state index in [4.69, 9.17) is 28.7 Å². The Balaban J connectivity index is 1.84. The molecule has 4 aliphatic rings. The number of carbonyl (C=O) groups is 3. The first-order valence-electron chi connectivity index (χ1n) is 17.2. The van der Waals surface area contributed by atoms with Gasteiger partial charge in [0.2, 0.25) is 0 Å². The minimum absolute atomic E-state index is 0.0607. The van der Waals surface area contributed by atoms with E-state index in [0.717, 1.165) is 5.71 Å². The van der Waals surface area contributed by atoms with Crippen molar-refractivity contribution < 1.29 is 43.2 Å². The van der Waals surface area contributed by atoms with E-state index in [1.54, 1.807) is 18.9 Å². The SMILES string of the molecule is C=CCC1C(=O)O[C@H](CC)[C@@]2(C)OC(=O)N3CCN=C([C@H](C)C32)[C@H](C)[C@H](OC)[C@H](C)[C@H](O[C@@H]2O[C@H](C)C[C@H](N(C)C)[C@H]2O)[C@@H](C)C1=O. The second-order valence-electron chi connectivity index (χ2n) is 14.4. The molecule has 0 radical (unpaired) electrons. The number of allylic oxidation sites excluding steroid dienone is 1. The molecule has 4 heterocycles. The molecule has 14 atom stereocenters. The third kappa shape index (κ3) is 7.04. The van der Waals surface area contributed by atoms with Gasteiger partial charge in [0.15, 0.2) is 17.7 Å². The Bertz CT molecular complexity index is 1190. The summed E-state index contributed by atoms with van der Waals surface area (Å²) in [5.41, 5.74) is -0.325. The van der Waals surface area contributed by atoms with Gasteiger partial charge in [0.25, 0.3) is 0 Å². The first-order chi connectivity index (χ1) is 22.1. The van der Waals surface area contributed by atoms with Gasteiger partial charge in [-0.05, 0) is 47.2 Å². The lowest BCUT2D eigenvalue weighted by molar-refractivity contribution is -0.281. The van der Waals surface area contributed by atoms with Crippen LogP contribution in [-0.2, 0) is 33.3 Å². The first kappa shape index (κ1) is 37.4. The van der Waals surface area contributed by atoms with Crippen LogP contribution in [-0.4, -0.2) is 127 Å². The summed E-state index contributed by atoms with van der Waals surface area (Å²) in [5, 5.41) is 11.4. The number of methoxy groups -OCH3 is 1. The number of nitrogens with zero attached hydrogens (tertiary/aromatic N) is 3. The zero-order valence-electron chi connectivity index (χ0n) is 29.9. The molecular formula is C35H57N3O9. The van der Waals surface area contributed by atoms with E-state index in [-0.39, 0.29) is 36.2 Å². The molecule has 47 heavy (non-hydrogen) atoms. The average Bonchev–Trinajstić information content (AvgIpc) is 3.15. The molecule has 2 bridgehead atoms. The predicted octanol–water partition coefficient (Wildman–Crippen LogP) is 3.49. The van der Waals surface area contributed by atoms with Crippen LogP contribution in [0.1, 0.15) is 67.7 Å². The van der Waals surface area contributed by atoms with Gasteiger partial charge in [0.1, 0.15) is 18.1 Å². The molecule has 0 aromatic carbocycles. The van der Waals surface area contributed by atoms with Crippen molar-refractivity contribution in [1.29, 1.82) is 0 Å². The fraction of sp³-hybridized carbons (Fsp3) is 0.829. The number of Topliss-reactive ketones (excluding diaryl/α,β-unsaturated/α-hetero) is 1. The van der Waals surface area contributed by atoms with E-state index in [2.05, 4.69) is 6.58 Å². The molecule has 12 nitrogen and oxygen atoms in total. The van der Waals surface area contributed by atoms with E-state index in [0.29, 0.717) is 25.9 Å². The molecule has 3 fully saturated rings. The molecule has 2 unspecified atom stereocenters. The molecule has 0 aromatic heterocycles. The number of aliphatic hydroxyl groups is 1. The van der Waals surface area contributed by atoms with Crippen LogP contribution in [0.15, 0.2) is 17.6 Å². The average molecular weight is 664 g/mol. The highest BCUT2D eigenvalue weighted by molar-refractivity contribution is 6.00. The molecule has 4 rings (SSSR count). The number of hydrogen-bond acceptors (Lipinski definition) is 11. The number of ketones is 1. The number of ether oxygens (including phenoxy) is 5. The Hall–Kier alpha value is -2.38. The van der Waals surface area contributed by atoms with Crippen LogP contribution in [0.5, 0.6) is 0 Å². The number of aliphatic imine (C=N–C) groups is 1. The van der Waals surface area contributed by atoms with Crippen LogP contribution in [0.4, 0.5) is 4.79 Å². The molecule has 0 aliphatic carbocycles. The van der Waals surface area contributed by atoms with Gasteiger partial charge < -0.3 is 33.7 Å². The standard InChI is InChI=1S/C35H57N3O9/c1-12-14-23-27(39)21(6)30(46-33-28(40)24(37(9)10)17-18(3)44-33)22(7)29(43-11)19(4)26-20(5)31-35(8,25(13-2)45-32(23)41)47-34(42)38(31)16-15-36-26/h12,18-25,28-31,33,40H,1,13-17H2,2-11H3/t18-,19+,20+,21+,22+,23?,24+,25-,28-,29+,30-,31?,33+,35-/m1/s1. The fourth-order valence-electron chi connectivity index (χ4n) is 8.67. The molecule has 0 spiro atoms. The summed E-state index contributed by atoms with van der Waals surface area (Å²) >= 11 is 0. The number of rotatable bonds is 7. The smallest absolute Gasteiger partial charge is 0.410 e.